The first-order chi connectivity index (χ1) is 23.6. The van der Waals surface area contributed by atoms with E-state index in [9.17, 15) is 29.7 Å². The Bertz CT molecular complexity index is 1130. The third-order valence-electron chi connectivity index (χ3n) is 7.35. The SMILES string of the molecule is CC(COC(=O)c1ccccc1)OC(=O)c1ccccc1.CCCCCCCCCCCC(=O)OC[C@@H](O)[C@H]1OC[C@H](O)[C@H]1O.OCCO. The van der Waals surface area contributed by atoms with Crippen LogP contribution in [0.25, 0.3) is 0 Å². The minimum atomic E-state index is -1.14. The number of hydrogen-bond donors (Lipinski definition) is 5. The number of benzene rings is 2. The Hall–Kier alpha value is -3.39. The molecule has 0 aliphatic carbocycles. The fourth-order valence-corrected chi connectivity index (χ4v) is 4.60. The highest BCUT2D eigenvalue weighted by Gasteiger charge is 2.39. The molecule has 1 heterocycles. The normalized spacial score (nSPS) is 17.7. The molecule has 3 rings (SSSR count). The highest BCUT2D eigenvalue weighted by atomic mass is 16.6. The molecule has 0 aromatic heterocycles. The smallest absolute Gasteiger partial charge is 0.338 e. The molecule has 0 spiro atoms. The van der Waals surface area contributed by atoms with Crippen molar-refractivity contribution in [3.63, 3.8) is 0 Å². The van der Waals surface area contributed by atoms with Gasteiger partial charge in [0.2, 0.25) is 0 Å². The number of hydrogen-bond acceptors (Lipinski definition) is 12. The van der Waals surface area contributed by atoms with Crippen molar-refractivity contribution in [3.8, 4) is 0 Å². The fraction of sp³-hybridized carbons (Fsp3) is 0.595. The summed E-state index contributed by atoms with van der Waals surface area (Å²) in [4.78, 5) is 35.2. The quantitative estimate of drug-likeness (QED) is 0.0810. The van der Waals surface area contributed by atoms with E-state index in [1.165, 1.54) is 38.5 Å². The average Bonchev–Trinajstić information content (AvgIpc) is 3.47. The molecule has 1 fully saturated rings. The predicted octanol–water partition coefficient (Wildman–Crippen LogP) is 3.99. The highest BCUT2D eigenvalue weighted by Crippen LogP contribution is 2.18. The molecule has 5 atom stereocenters. The van der Waals surface area contributed by atoms with Crippen LogP contribution < -0.4 is 0 Å². The number of carbonyl (C=O) groups is 3. The molecule has 0 saturated carbocycles. The molecule has 5 N–H and O–H groups in total. The number of carbonyl (C=O) groups excluding carboxylic acids is 3. The van der Waals surface area contributed by atoms with Crippen molar-refractivity contribution in [1.29, 1.82) is 0 Å². The molecular weight excluding hydrogens is 636 g/mol. The van der Waals surface area contributed by atoms with Gasteiger partial charge in [0.05, 0.1) is 30.9 Å². The fourth-order valence-electron chi connectivity index (χ4n) is 4.60. The molecule has 0 amide bonds. The second-order valence-corrected chi connectivity index (χ2v) is 11.7. The zero-order valence-corrected chi connectivity index (χ0v) is 28.9. The molecule has 12 heteroatoms. The number of esters is 3. The minimum absolute atomic E-state index is 0.0186. The summed E-state index contributed by atoms with van der Waals surface area (Å²) >= 11 is 0. The van der Waals surface area contributed by atoms with Crippen LogP contribution in [-0.2, 0) is 23.7 Å². The van der Waals surface area contributed by atoms with Crippen LogP contribution in [0.4, 0.5) is 0 Å². The average molecular weight is 693 g/mol. The number of aliphatic hydroxyl groups is 5. The highest BCUT2D eigenvalue weighted by molar-refractivity contribution is 5.90. The van der Waals surface area contributed by atoms with Crippen molar-refractivity contribution < 1.29 is 58.9 Å². The van der Waals surface area contributed by atoms with E-state index in [1.54, 1.807) is 55.5 Å². The van der Waals surface area contributed by atoms with Crippen LogP contribution in [0, 0.1) is 0 Å². The zero-order chi connectivity index (χ0) is 36.3. The molecule has 276 valence electrons. The molecule has 1 unspecified atom stereocenters. The van der Waals surface area contributed by atoms with Gasteiger partial charge in [0.15, 0.2) is 0 Å². The van der Waals surface area contributed by atoms with Gasteiger partial charge >= 0.3 is 17.9 Å². The third kappa shape index (κ3) is 20.0. The zero-order valence-electron chi connectivity index (χ0n) is 28.9. The summed E-state index contributed by atoms with van der Waals surface area (Å²) in [5.41, 5.74) is 0.942. The Morgan fingerprint density at radius 2 is 1.27 bits per heavy atom. The second-order valence-electron chi connectivity index (χ2n) is 11.7. The predicted molar refractivity (Wildman–Crippen MR) is 183 cm³/mol. The number of aliphatic hydroxyl groups excluding tert-OH is 5. The molecule has 1 saturated heterocycles. The maximum atomic E-state index is 11.8. The van der Waals surface area contributed by atoms with Gasteiger partial charge in [-0.1, -0.05) is 94.7 Å². The molecule has 12 nitrogen and oxygen atoms in total. The first kappa shape index (κ1) is 43.6. The summed E-state index contributed by atoms with van der Waals surface area (Å²) in [6.07, 6.45) is 6.33. The van der Waals surface area contributed by atoms with E-state index in [2.05, 4.69) is 6.92 Å². The topological polar surface area (TPSA) is 189 Å². The Morgan fingerprint density at radius 1 is 0.755 bits per heavy atom. The second kappa shape index (κ2) is 27.4. The van der Waals surface area contributed by atoms with Crippen molar-refractivity contribution in [3.05, 3.63) is 71.8 Å². The van der Waals surface area contributed by atoms with Crippen molar-refractivity contribution in [2.75, 3.05) is 33.0 Å². The lowest BCUT2D eigenvalue weighted by atomic mass is 10.1. The lowest BCUT2D eigenvalue weighted by Crippen LogP contribution is -2.41. The first-order valence-electron chi connectivity index (χ1n) is 17.2. The lowest BCUT2D eigenvalue weighted by molar-refractivity contribution is -0.151. The first-order valence-corrected chi connectivity index (χ1v) is 17.2. The van der Waals surface area contributed by atoms with Crippen LogP contribution in [-0.4, -0.2) is 107 Å². The minimum Gasteiger partial charge on any atom is -0.463 e. The van der Waals surface area contributed by atoms with E-state index >= 15 is 0 Å². The van der Waals surface area contributed by atoms with Gasteiger partial charge in [-0.2, -0.15) is 0 Å². The van der Waals surface area contributed by atoms with Crippen molar-refractivity contribution in [2.24, 2.45) is 0 Å². The maximum absolute atomic E-state index is 11.8. The summed E-state index contributed by atoms with van der Waals surface area (Å²) in [5, 5.41) is 44.1. The van der Waals surface area contributed by atoms with E-state index in [0.29, 0.717) is 17.5 Å². The van der Waals surface area contributed by atoms with E-state index in [0.717, 1.165) is 19.3 Å². The van der Waals surface area contributed by atoms with Crippen LogP contribution >= 0.6 is 0 Å². The summed E-state index contributed by atoms with van der Waals surface area (Å²) in [6, 6.07) is 17.4. The van der Waals surface area contributed by atoms with Crippen LogP contribution in [0.1, 0.15) is 98.8 Å². The molecule has 0 bridgehead atoms. The largest absolute Gasteiger partial charge is 0.463 e. The van der Waals surface area contributed by atoms with Gasteiger partial charge in [0.25, 0.3) is 0 Å². The van der Waals surface area contributed by atoms with Crippen LogP contribution in [0.5, 0.6) is 0 Å². The number of ether oxygens (including phenoxy) is 4. The van der Waals surface area contributed by atoms with Gasteiger partial charge < -0.3 is 44.5 Å². The molecule has 49 heavy (non-hydrogen) atoms. The molecule has 2 aromatic carbocycles. The summed E-state index contributed by atoms with van der Waals surface area (Å²) in [5.74, 6) is -1.21. The summed E-state index contributed by atoms with van der Waals surface area (Å²) in [6.45, 7) is 3.43. The van der Waals surface area contributed by atoms with Crippen molar-refractivity contribution >= 4 is 17.9 Å². The van der Waals surface area contributed by atoms with Crippen molar-refractivity contribution in [1.82, 2.24) is 0 Å². The maximum Gasteiger partial charge on any atom is 0.338 e. The standard InChI is InChI=1S/C18H34O6.C17H16O4.C2H6O2/c1-2-3-4-5-6-7-8-9-10-11-16(21)23-13-15(20)18-17(22)14(19)12-24-18;1-13(21-17(19)15-10-6-3-7-11-15)12-20-16(18)14-8-4-2-5-9-14;3-1-2-4/h14-15,17-20,22H,2-13H2,1H3;2-11,13H,12H2,1H3;3-4H,1-2H2/t14-,15+,17+,18+;;/m0../s1. The Labute approximate surface area is 290 Å². The summed E-state index contributed by atoms with van der Waals surface area (Å²) < 4.78 is 20.4. The van der Waals surface area contributed by atoms with Crippen LogP contribution in [0.3, 0.4) is 0 Å². The van der Waals surface area contributed by atoms with Gasteiger partial charge in [-0.3, -0.25) is 4.79 Å². The third-order valence-corrected chi connectivity index (χ3v) is 7.35. The van der Waals surface area contributed by atoms with Gasteiger partial charge in [0, 0.05) is 6.42 Å². The summed E-state index contributed by atoms with van der Waals surface area (Å²) in [7, 11) is 0. The van der Waals surface area contributed by atoms with E-state index in [4.69, 9.17) is 29.2 Å². The number of rotatable bonds is 19. The van der Waals surface area contributed by atoms with E-state index in [-0.39, 0.29) is 39.0 Å². The van der Waals surface area contributed by atoms with Crippen LogP contribution in [0.15, 0.2) is 60.7 Å². The van der Waals surface area contributed by atoms with Gasteiger partial charge in [-0.25, -0.2) is 9.59 Å². The van der Waals surface area contributed by atoms with Crippen molar-refractivity contribution in [2.45, 2.75) is 109 Å². The Kier molecular flexibility index (Phi) is 24.4. The number of unbranched alkanes of at least 4 members (excludes halogenated alkanes) is 8. The van der Waals surface area contributed by atoms with E-state index in [1.807, 2.05) is 12.1 Å². The van der Waals surface area contributed by atoms with Gasteiger partial charge in [0.1, 0.15) is 43.7 Å². The van der Waals surface area contributed by atoms with Gasteiger partial charge in [-0.15, -0.1) is 0 Å². The lowest BCUT2D eigenvalue weighted by Gasteiger charge is -2.20. The van der Waals surface area contributed by atoms with Crippen LogP contribution in [0.2, 0.25) is 0 Å². The molecule has 2 aromatic rings. The Morgan fingerprint density at radius 3 is 1.76 bits per heavy atom. The van der Waals surface area contributed by atoms with E-state index < -0.39 is 42.5 Å². The van der Waals surface area contributed by atoms with Gasteiger partial charge in [-0.05, 0) is 37.6 Å². The molecule has 1 aliphatic heterocycles. The molecular formula is C37H56O12. The Balaban J connectivity index is 0.000000444. The molecule has 0 radical (unpaired) electrons. The molecule has 1 aliphatic rings. The monoisotopic (exact) mass is 692 g/mol.